The van der Waals surface area contributed by atoms with Gasteiger partial charge in [-0.1, -0.05) is 13.8 Å². The molecule has 1 aromatic rings. The summed E-state index contributed by atoms with van der Waals surface area (Å²) in [4.78, 5) is 24.0. The predicted molar refractivity (Wildman–Crippen MR) is 97.6 cm³/mol. The van der Waals surface area contributed by atoms with Crippen LogP contribution in [0.2, 0.25) is 0 Å². The summed E-state index contributed by atoms with van der Waals surface area (Å²) in [5.41, 5.74) is 1.36. The van der Waals surface area contributed by atoms with E-state index in [0.29, 0.717) is 17.6 Å². The van der Waals surface area contributed by atoms with Crippen molar-refractivity contribution < 1.29 is 9.59 Å². The molecule has 132 valence electrons. The first-order chi connectivity index (χ1) is 11.0. The standard InChI is InChI=1S/C18H25N3O2.ClH/c1-11(2)17(22)20-13-5-3-12(4-6-13)18(23)21-16-9-14-7-8-15(10-16)19-14;/h3-6,11,14-16,19H,7-10H2,1-2H3,(H,20,22)(H,21,23);1H. The van der Waals surface area contributed by atoms with Gasteiger partial charge in [0.05, 0.1) is 0 Å². The van der Waals surface area contributed by atoms with E-state index in [1.165, 1.54) is 12.8 Å². The van der Waals surface area contributed by atoms with Crippen LogP contribution in [0.15, 0.2) is 24.3 Å². The van der Waals surface area contributed by atoms with Crippen LogP contribution < -0.4 is 16.0 Å². The summed E-state index contributed by atoms with van der Waals surface area (Å²) in [5.74, 6) is -0.112. The maximum Gasteiger partial charge on any atom is 0.251 e. The van der Waals surface area contributed by atoms with Gasteiger partial charge >= 0.3 is 0 Å². The van der Waals surface area contributed by atoms with Gasteiger partial charge in [0.15, 0.2) is 0 Å². The molecule has 0 aromatic heterocycles. The Balaban J connectivity index is 0.00000208. The highest BCUT2D eigenvalue weighted by Crippen LogP contribution is 2.27. The van der Waals surface area contributed by atoms with Gasteiger partial charge in [0, 0.05) is 35.3 Å². The quantitative estimate of drug-likeness (QED) is 0.781. The molecule has 2 aliphatic rings. The molecule has 2 fully saturated rings. The van der Waals surface area contributed by atoms with E-state index in [4.69, 9.17) is 0 Å². The first-order valence-electron chi connectivity index (χ1n) is 8.49. The van der Waals surface area contributed by atoms with Gasteiger partial charge in [0.2, 0.25) is 5.91 Å². The van der Waals surface area contributed by atoms with E-state index in [1.807, 2.05) is 13.8 Å². The molecule has 2 atom stereocenters. The average molecular weight is 352 g/mol. The topological polar surface area (TPSA) is 70.2 Å². The molecule has 2 heterocycles. The Morgan fingerprint density at radius 1 is 1.08 bits per heavy atom. The number of piperidine rings is 1. The van der Waals surface area contributed by atoms with Crippen molar-refractivity contribution in [1.82, 2.24) is 10.6 Å². The number of fused-ring (bicyclic) bond motifs is 2. The third-order valence-corrected chi connectivity index (χ3v) is 4.75. The fraction of sp³-hybridized carbons (Fsp3) is 0.556. The molecule has 2 unspecified atom stereocenters. The van der Waals surface area contributed by atoms with Crippen molar-refractivity contribution in [2.24, 2.45) is 5.92 Å². The summed E-state index contributed by atoms with van der Waals surface area (Å²) in [6, 6.07) is 8.48. The van der Waals surface area contributed by atoms with Crippen LogP contribution in [0.3, 0.4) is 0 Å². The minimum atomic E-state index is -0.0618. The highest BCUT2D eigenvalue weighted by atomic mass is 35.5. The zero-order valence-corrected chi connectivity index (χ0v) is 15.0. The predicted octanol–water partition coefficient (Wildman–Crippen LogP) is 2.72. The van der Waals surface area contributed by atoms with E-state index in [0.717, 1.165) is 18.5 Å². The first kappa shape index (κ1) is 18.7. The second-order valence-electron chi connectivity index (χ2n) is 7.00. The van der Waals surface area contributed by atoms with Gasteiger partial charge in [0.25, 0.3) is 5.91 Å². The van der Waals surface area contributed by atoms with Gasteiger partial charge in [-0.2, -0.15) is 0 Å². The lowest BCUT2D eigenvalue weighted by Gasteiger charge is -2.29. The monoisotopic (exact) mass is 351 g/mol. The smallest absolute Gasteiger partial charge is 0.251 e. The molecule has 0 saturated carbocycles. The molecule has 2 amide bonds. The molecule has 6 heteroatoms. The van der Waals surface area contributed by atoms with Crippen molar-refractivity contribution in [2.75, 3.05) is 5.32 Å². The summed E-state index contributed by atoms with van der Waals surface area (Å²) in [6.07, 6.45) is 4.48. The Morgan fingerprint density at radius 2 is 1.67 bits per heavy atom. The SMILES string of the molecule is CC(C)C(=O)Nc1ccc(C(=O)NC2CC3CCC(C2)N3)cc1.Cl. The van der Waals surface area contributed by atoms with Crippen molar-refractivity contribution in [2.45, 2.75) is 57.7 Å². The van der Waals surface area contributed by atoms with Gasteiger partial charge < -0.3 is 16.0 Å². The maximum absolute atomic E-state index is 12.4. The molecule has 0 aliphatic carbocycles. The third-order valence-electron chi connectivity index (χ3n) is 4.75. The number of nitrogens with one attached hydrogen (secondary N) is 3. The molecule has 2 aliphatic heterocycles. The van der Waals surface area contributed by atoms with Crippen LogP contribution >= 0.6 is 12.4 Å². The van der Waals surface area contributed by atoms with E-state index in [-0.39, 0.29) is 36.2 Å². The first-order valence-corrected chi connectivity index (χ1v) is 8.49. The van der Waals surface area contributed by atoms with Crippen molar-refractivity contribution in [1.29, 1.82) is 0 Å². The summed E-state index contributed by atoms with van der Waals surface area (Å²) in [7, 11) is 0. The van der Waals surface area contributed by atoms with Crippen LogP contribution in [0.4, 0.5) is 5.69 Å². The zero-order valence-electron chi connectivity index (χ0n) is 14.2. The highest BCUT2D eigenvalue weighted by molar-refractivity contribution is 5.96. The maximum atomic E-state index is 12.4. The molecule has 3 N–H and O–H groups in total. The Hall–Kier alpha value is -1.59. The molecule has 2 saturated heterocycles. The molecular formula is C18H26ClN3O2. The van der Waals surface area contributed by atoms with Gasteiger partial charge in [0.1, 0.15) is 0 Å². The number of amides is 2. The molecule has 1 aromatic carbocycles. The van der Waals surface area contributed by atoms with Gasteiger partial charge in [-0.05, 0) is 49.9 Å². The number of anilines is 1. The van der Waals surface area contributed by atoms with Gasteiger partial charge in [-0.15, -0.1) is 12.4 Å². The molecule has 2 bridgehead atoms. The molecular weight excluding hydrogens is 326 g/mol. The van der Waals surface area contributed by atoms with Gasteiger partial charge in [-0.25, -0.2) is 0 Å². The Morgan fingerprint density at radius 3 is 2.21 bits per heavy atom. The van der Waals surface area contributed by atoms with Gasteiger partial charge in [-0.3, -0.25) is 9.59 Å². The summed E-state index contributed by atoms with van der Waals surface area (Å²) in [5, 5.41) is 9.55. The van der Waals surface area contributed by atoms with E-state index >= 15 is 0 Å². The number of halogens is 1. The molecule has 24 heavy (non-hydrogen) atoms. The largest absolute Gasteiger partial charge is 0.349 e. The third kappa shape index (κ3) is 4.48. The Labute approximate surface area is 149 Å². The second-order valence-corrected chi connectivity index (χ2v) is 7.00. The second kappa shape index (κ2) is 7.99. The van der Waals surface area contributed by atoms with Crippen LogP contribution in [0, 0.1) is 5.92 Å². The zero-order chi connectivity index (χ0) is 16.4. The van der Waals surface area contributed by atoms with E-state index in [9.17, 15) is 9.59 Å². The van der Waals surface area contributed by atoms with E-state index in [2.05, 4.69) is 16.0 Å². The van der Waals surface area contributed by atoms with Crippen molar-refractivity contribution in [3.63, 3.8) is 0 Å². The molecule has 0 spiro atoms. The molecule has 5 nitrogen and oxygen atoms in total. The van der Waals surface area contributed by atoms with Crippen LogP contribution in [-0.2, 0) is 4.79 Å². The lowest BCUT2D eigenvalue weighted by molar-refractivity contribution is -0.118. The van der Waals surface area contributed by atoms with E-state index in [1.54, 1.807) is 24.3 Å². The lowest BCUT2D eigenvalue weighted by Crippen LogP contribution is -2.48. The van der Waals surface area contributed by atoms with Crippen LogP contribution in [0.5, 0.6) is 0 Å². The van der Waals surface area contributed by atoms with Crippen molar-refractivity contribution in [3.8, 4) is 0 Å². The van der Waals surface area contributed by atoms with E-state index < -0.39 is 0 Å². The average Bonchev–Trinajstić information content (AvgIpc) is 2.86. The number of hydrogen-bond acceptors (Lipinski definition) is 3. The fourth-order valence-electron chi connectivity index (χ4n) is 3.44. The van der Waals surface area contributed by atoms with Crippen LogP contribution in [0.25, 0.3) is 0 Å². The summed E-state index contributed by atoms with van der Waals surface area (Å²) in [6.45, 7) is 3.70. The number of hydrogen-bond donors (Lipinski definition) is 3. The summed E-state index contributed by atoms with van der Waals surface area (Å²) >= 11 is 0. The number of benzene rings is 1. The fourth-order valence-corrected chi connectivity index (χ4v) is 3.44. The Bertz CT molecular complexity index is 576. The lowest BCUT2D eigenvalue weighted by atomic mass is 9.99. The summed E-state index contributed by atoms with van der Waals surface area (Å²) < 4.78 is 0. The van der Waals surface area contributed by atoms with Crippen LogP contribution in [-0.4, -0.2) is 29.9 Å². The van der Waals surface area contributed by atoms with Crippen LogP contribution in [0.1, 0.15) is 49.9 Å². The van der Waals surface area contributed by atoms with Crippen molar-refractivity contribution in [3.05, 3.63) is 29.8 Å². The minimum Gasteiger partial charge on any atom is -0.349 e. The number of rotatable bonds is 4. The van der Waals surface area contributed by atoms with Crippen molar-refractivity contribution >= 4 is 29.9 Å². The minimum absolute atomic E-state index is 0. The number of carbonyl (C=O) groups excluding carboxylic acids is 2. The molecule has 3 rings (SSSR count). The normalized spacial score (nSPS) is 25.0. The highest BCUT2D eigenvalue weighted by Gasteiger charge is 2.34. The number of carbonyl (C=O) groups is 2. The Kier molecular flexibility index (Phi) is 6.24. The molecule has 0 radical (unpaired) electrons.